The molecule has 1 unspecified atom stereocenters. The van der Waals surface area contributed by atoms with Crippen molar-refractivity contribution in [3.63, 3.8) is 0 Å². The lowest BCUT2D eigenvalue weighted by molar-refractivity contribution is 0.849. The van der Waals surface area contributed by atoms with Crippen LogP contribution < -0.4 is 5.73 Å². The molecule has 0 aliphatic carbocycles. The summed E-state index contributed by atoms with van der Waals surface area (Å²) in [5.41, 5.74) is 10.6. The Kier molecular flexibility index (Phi) is 2.81. The van der Waals surface area contributed by atoms with Crippen molar-refractivity contribution in [2.24, 2.45) is 5.73 Å². The molecule has 0 bridgehead atoms. The van der Waals surface area contributed by atoms with E-state index in [1.807, 2.05) is 36.8 Å². The van der Waals surface area contributed by atoms with Crippen LogP contribution in [0.15, 0.2) is 42.2 Å². The molecule has 90 valence electrons. The van der Waals surface area contributed by atoms with E-state index in [1.165, 1.54) is 4.70 Å². The van der Waals surface area contributed by atoms with E-state index in [0.29, 0.717) is 0 Å². The average Bonchev–Trinajstić information content (AvgIpc) is 2.85. The minimum atomic E-state index is -0.169. The summed E-state index contributed by atoms with van der Waals surface area (Å²) in [6, 6.07) is 5.94. The van der Waals surface area contributed by atoms with Gasteiger partial charge in [0, 0.05) is 18.6 Å². The Morgan fingerprint density at radius 3 is 3.00 bits per heavy atom. The van der Waals surface area contributed by atoms with Crippen molar-refractivity contribution in [3.05, 3.63) is 58.9 Å². The summed E-state index contributed by atoms with van der Waals surface area (Å²) < 4.78 is 1.17. The van der Waals surface area contributed by atoms with Gasteiger partial charge in [-0.15, -0.1) is 11.3 Å². The van der Waals surface area contributed by atoms with Gasteiger partial charge in [0.25, 0.3) is 0 Å². The Hall–Kier alpha value is -1.78. The Balaban J connectivity index is 2.06. The zero-order valence-electron chi connectivity index (χ0n) is 10.00. The number of fused-ring (bicyclic) bond motifs is 1. The number of aryl methyl sites for hydroxylation is 1. The lowest BCUT2D eigenvalue weighted by atomic mass is 9.99. The van der Waals surface area contributed by atoms with Gasteiger partial charge in [0.2, 0.25) is 0 Å². The van der Waals surface area contributed by atoms with Crippen LogP contribution in [0.2, 0.25) is 0 Å². The average molecular weight is 255 g/mol. The highest BCUT2D eigenvalue weighted by Gasteiger charge is 2.12. The lowest BCUT2D eigenvalue weighted by Crippen LogP contribution is -2.13. The van der Waals surface area contributed by atoms with Crippen molar-refractivity contribution in [1.29, 1.82) is 0 Å². The van der Waals surface area contributed by atoms with Crippen LogP contribution in [0, 0.1) is 6.92 Å². The molecule has 3 aromatic rings. The maximum Gasteiger partial charge on any atom is 0.0809 e. The molecule has 18 heavy (non-hydrogen) atoms. The van der Waals surface area contributed by atoms with E-state index in [4.69, 9.17) is 5.73 Å². The van der Waals surface area contributed by atoms with Crippen LogP contribution in [0.1, 0.15) is 22.7 Å². The Labute approximate surface area is 109 Å². The monoisotopic (exact) mass is 255 g/mol. The highest BCUT2D eigenvalue weighted by molar-refractivity contribution is 7.17. The van der Waals surface area contributed by atoms with Crippen LogP contribution in [-0.2, 0) is 0 Å². The number of hydrogen-bond acceptors (Lipinski definition) is 4. The third-order valence-corrected chi connectivity index (χ3v) is 3.95. The highest BCUT2D eigenvalue weighted by Crippen LogP contribution is 2.26. The second-order valence-corrected chi connectivity index (χ2v) is 5.23. The van der Waals surface area contributed by atoms with Gasteiger partial charge in [-0.05, 0) is 47.2 Å². The van der Waals surface area contributed by atoms with Crippen LogP contribution in [0.3, 0.4) is 0 Å². The normalized spacial score (nSPS) is 12.8. The summed E-state index contributed by atoms with van der Waals surface area (Å²) in [5.74, 6) is 0. The van der Waals surface area contributed by atoms with Gasteiger partial charge in [-0.1, -0.05) is 0 Å². The fourth-order valence-corrected chi connectivity index (χ4v) is 2.80. The molecular weight excluding hydrogens is 242 g/mol. The number of rotatable bonds is 2. The van der Waals surface area contributed by atoms with Gasteiger partial charge in [0.15, 0.2) is 0 Å². The van der Waals surface area contributed by atoms with Crippen molar-refractivity contribution < 1.29 is 0 Å². The minimum Gasteiger partial charge on any atom is -0.320 e. The number of thiophene rings is 1. The standard InChI is InChI=1S/C14H13N3S/c1-9-2-4-16-8-11(9)14(15)10-6-13-12(17-7-10)3-5-18-13/h2-8,14H,15H2,1H3. The molecule has 0 aromatic carbocycles. The summed E-state index contributed by atoms with van der Waals surface area (Å²) in [6.07, 6.45) is 5.47. The predicted molar refractivity (Wildman–Crippen MR) is 74.6 cm³/mol. The molecule has 0 saturated heterocycles. The lowest BCUT2D eigenvalue weighted by Gasteiger charge is -2.14. The molecule has 2 N–H and O–H groups in total. The molecule has 1 atom stereocenters. The zero-order valence-corrected chi connectivity index (χ0v) is 10.8. The molecule has 0 aliphatic rings. The molecule has 0 aliphatic heterocycles. The van der Waals surface area contributed by atoms with Crippen LogP contribution in [0.25, 0.3) is 10.2 Å². The molecular formula is C14H13N3S. The van der Waals surface area contributed by atoms with E-state index >= 15 is 0 Å². The van der Waals surface area contributed by atoms with Crippen LogP contribution in [0.4, 0.5) is 0 Å². The third kappa shape index (κ3) is 1.89. The summed E-state index contributed by atoms with van der Waals surface area (Å²) >= 11 is 1.68. The molecule has 3 rings (SSSR count). The zero-order chi connectivity index (χ0) is 12.5. The van der Waals surface area contributed by atoms with Crippen molar-refractivity contribution in [1.82, 2.24) is 9.97 Å². The summed E-state index contributed by atoms with van der Waals surface area (Å²) in [7, 11) is 0. The van der Waals surface area contributed by atoms with E-state index < -0.39 is 0 Å². The second-order valence-electron chi connectivity index (χ2n) is 4.28. The van der Waals surface area contributed by atoms with Crippen molar-refractivity contribution in [2.75, 3.05) is 0 Å². The van der Waals surface area contributed by atoms with Crippen LogP contribution >= 0.6 is 11.3 Å². The Morgan fingerprint density at radius 1 is 1.28 bits per heavy atom. The Morgan fingerprint density at radius 2 is 2.17 bits per heavy atom. The summed E-state index contributed by atoms with van der Waals surface area (Å²) in [4.78, 5) is 8.57. The van der Waals surface area contributed by atoms with Crippen molar-refractivity contribution in [3.8, 4) is 0 Å². The predicted octanol–water partition coefficient (Wildman–Crippen LogP) is 3.05. The number of pyridine rings is 2. The van der Waals surface area contributed by atoms with Gasteiger partial charge in [-0.2, -0.15) is 0 Å². The first kappa shape index (κ1) is 11.3. The SMILES string of the molecule is Cc1ccncc1C(N)c1cnc2ccsc2c1. The molecule has 0 radical (unpaired) electrons. The van der Waals surface area contributed by atoms with E-state index in [2.05, 4.69) is 16.0 Å². The summed E-state index contributed by atoms with van der Waals surface area (Å²) in [6.45, 7) is 2.05. The topological polar surface area (TPSA) is 51.8 Å². The van der Waals surface area contributed by atoms with Crippen molar-refractivity contribution in [2.45, 2.75) is 13.0 Å². The van der Waals surface area contributed by atoms with Gasteiger partial charge < -0.3 is 5.73 Å². The first-order chi connectivity index (χ1) is 8.75. The van der Waals surface area contributed by atoms with Gasteiger partial charge in [0.05, 0.1) is 16.3 Å². The van der Waals surface area contributed by atoms with E-state index in [-0.39, 0.29) is 6.04 Å². The first-order valence-corrected chi connectivity index (χ1v) is 6.63. The molecule has 0 saturated carbocycles. The molecule has 3 nitrogen and oxygen atoms in total. The smallest absolute Gasteiger partial charge is 0.0809 e. The molecule has 0 fully saturated rings. The largest absolute Gasteiger partial charge is 0.320 e. The van der Waals surface area contributed by atoms with Crippen LogP contribution in [-0.4, -0.2) is 9.97 Å². The maximum atomic E-state index is 6.30. The highest BCUT2D eigenvalue weighted by atomic mass is 32.1. The summed E-state index contributed by atoms with van der Waals surface area (Å²) in [5, 5.41) is 2.04. The fourth-order valence-electron chi connectivity index (χ4n) is 2.01. The van der Waals surface area contributed by atoms with Gasteiger partial charge in [0.1, 0.15) is 0 Å². The van der Waals surface area contributed by atoms with Crippen LogP contribution in [0.5, 0.6) is 0 Å². The second kappa shape index (κ2) is 4.48. The Bertz CT molecular complexity index is 690. The molecule has 3 heterocycles. The molecule has 0 amide bonds. The maximum absolute atomic E-state index is 6.30. The van der Waals surface area contributed by atoms with Gasteiger partial charge in [-0.3, -0.25) is 9.97 Å². The van der Waals surface area contributed by atoms with Gasteiger partial charge >= 0.3 is 0 Å². The fraction of sp³-hybridized carbons (Fsp3) is 0.143. The van der Waals surface area contributed by atoms with Crippen molar-refractivity contribution >= 4 is 21.6 Å². The van der Waals surface area contributed by atoms with Gasteiger partial charge in [-0.25, -0.2) is 0 Å². The number of nitrogens with zero attached hydrogens (tertiary/aromatic N) is 2. The minimum absolute atomic E-state index is 0.169. The number of nitrogens with two attached hydrogens (primary N) is 1. The molecule has 0 spiro atoms. The van der Waals surface area contributed by atoms with E-state index in [9.17, 15) is 0 Å². The number of aromatic nitrogens is 2. The molecule has 4 heteroatoms. The third-order valence-electron chi connectivity index (χ3n) is 3.10. The van der Waals surface area contributed by atoms with E-state index in [1.54, 1.807) is 17.5 Å². The van der Waals surface area contributed by atoms with E-state index in [0.717, 1.165) is 22.2 Å². The molecule has 3 aromatic heterocycles. The number of hydrogen-bond donors (Lipinski definition) is 1. The quantitative estimate of drug-likeness (QED) is 0.765. The first-order valence-electron chi connectivity index (χ1n) is 5.75.